The topological polar surface area (TPSA) is 69.0 Å². The van der Waals surface area contributed by atoms with Crippen LogP contribution in [-0.4, -0.2) is 34.4 Å². The molecule has 146 valence electrons. The van der Waals surface area contributed by atoms with Crippen LogP contribution in [0.3, 0.4) is 0 Å². The Balaban J connectivity index is 2.00. The number of pyridine rings is 1. The lowest BCUT2D eigenvalue weighted by molar-refractivity contribution is 0.0520. The van der Waals surface area contributed by atoms with Gasteiger partial charge < -0.3 is 10.1 Å². The first kappa shape index (κ1) is 18.7. The average Bonchev–Trinajstić information content (AvgIpc) is 3.10. The minimum atomic E-state index is -0.444. The monoisotopic (exact) mass is 386 g/mol. The highest BCUT2D eigenvalue weighted by atomic mass is 16.5. The Hall–Kier alpha value is -3.67. The number of nitrogens with one attached hydrogen (secondary N) is 1. The number of rotatable bonds is 5. The summed E-state index contributed by atoms with van der Waals surface area (Å²) in [5.74, 6) is -0.444. The van der Waals surface area contributed by atoms with Gasteiger partial charge in [-0.15, -0.1) is 0 Å². The van der Waals surface area contributed by atoms with Crippen molar-refractivity contribution in [2.45, 2.75) is 13.8 Å². The van der Waals surface area contributed by atoms with Crippen molar-refractivity contribution in [2.75, 3.05) is 19.0 Å². The zero-order valence-electron chi connectivity index (χ0n) is 16.6. The number of benzene rings is 2. The van der Waals surface area contributed by atoms with Gasteiger partial charge in [-0.2, -0.15) is 5.10 Å². The summed E-state index contributed by atoms with van der Waals surface area (Å²) in [4.78, 5) is 17.1. The van der Waals surface area contributed by atoms with Gasteiger partial charge in [0.1, 0.15) is 0 Å². The van der Waals surface area contributed by atoms with E-state index in [-0.39, 0.29) is 5.69 Å². The number of aryl methyl sites for hydroxylation is 1. The molecule has 0 saturated carbocycles. The fraction of sp³-hybridized carbons (Fsp3) is 0.174. The SMILES string of the molecule is CCOC(=O)c1cc(-c2ccc(NC)cc2)c2c(C)nn(-c3ccccc3)c2n1. The van der Waals surface area contributed by atoms with E-state index in [1.165, 1.54) is 0 Å². The van der Waals surface area contributed by atoms with Crippen molar-refractivity contribution in [3.8, 4) is 16.8 Å². The number of fused-ring (bicyclic) bond motifs is 1. The Labute approximate surface area is 169 Å². The fourth-order valence-corrected chi connectivity index (χ4v) is 3.39. The maximum atomic E-state index is 12.5. The highest BCUT2D eigenvalue weighted by Crippen LogP contribution is 2.33. The molecule has 0 saturated heterocycles. The lowest BCUT2D eigenvalue weighted by atomic mass is 10.0. The third-order valence-electron chi connectivity index (χ3n) is 4.78. The van der Waals surface area contributed by atoms with E-state index in [2.05, 4.69) is 10.3 Å². The second-order valence-electron chi connectivity index (χ2n) is 6.63. The van der Waals surface area contributed by atoms with Crippen molar-refractivity contribution in [3.05, 3.63) is 72.1 Å². The second-order valence-corrected chi connectivity index (χ2v) is 6.63. The van der Waals surface area contributed by atoms with Gasteiger partial charge in [-0.05, 0) is 55.3 Å². The molecule has 2 aromatic heterocycles. The molecule has 0 unspecified atom stereocenters. The van der Waals surface area contributed by atoms with E-state index in [1.807, 2.05) is 68.6 Å². The van der Waals surface area contributed by atoms with Crippen LogP contribution in [0.15, 0.2) is 60.7 Å². The van der Waals surface area contributed by atoms with Crippen LogP contribution in [0.2, 0.25) is 0 Å². The molecule has 6 heteroatoms. The minimum Gasteiger partial charge on any atom is -0.461 e. The summed E-state index contributed by atoms with van der Waals surface area (Å²) in [5, 5.41) is 8.76. The van der Waals surface area contributed by atoms with E-state index < -0.39 is 5.97 Å². The molecule has 0 radical (unpaired) electrons. The van der Waals surface area contributed by atoms with E-state index in [1.54, 1.807) is 17.7 Å². The largest absolute Gasteiger partial charge is 0.461 e. The molecule has 1 N–H and O–H groups in total. The first-order chi connectivity index (χ1) is 14.1. The molecule has 4 aromatic rings. The molecule has 0 amide bonds. The number of carbonyl (C=O) groups excluding carboxylic acids is 1. The Bertz CT molecular complexity index is 1170. The zero-order valence-corrected chi connectivity index (χ0v) is 16.6. The van der Waals surface area contributed by atoms with Gasteiger partial charge in [0.25, 0.3) is 0 Å². The smallest absolute Gasteiger partial charge is 0.357 e. The lowest BCUT2D eigenvalue weighted by Crippen LogP contribution is -2.09. The maximum Gasteiger partial charge on any atom is 0.357 e. The van der Waals surface area contributed by atoms with Gasteiger partial charge in [-0.1, -0.05) is 30.3 Å². The molecule has 0 aliphatic carbocycles. The van der Waals surface area contributed by atoms with Crippen molar-refractivity contribution in [3.63, 3.8) is 0 Å². The molecule has 2 heterocycles. The van der Waals surface area contributed by atoms with E-state index in [0.29, 0.717) is 12.3 Å². The first-order valence-electron chi connectivity index (χ1n) is 9.53. The quantitative estimate of drug-likeness (QED) is 0.507. The van der Waals surface area contributed by atoms with Gasteiger partial charge in [0.2, 0.25) is 0 Å². The third-order valence-corrected chi connectivity index (χ3v) is 4.78. The number of hydrogen-bond donors (Lipinski definition) is 1. The first-order valence-corrected chi connectivity index (χ1v) is 9.53. The summed E-state index contributed by atoms with van der Waals surface area (Å²) in [5.41, 5.74) is 5.53. The number of anilines is 1. The van der Waals surface area contributed by atoms with E-state index in [9.17, 15) is 4.79 Å². The number of nitrogens with zero attached hydrogens (tertiary/aromatic N) is 3. The molecule has 0 fully saturated rings. The number of esters is 1. The van der Waals surface area contributed by atoms with Crippen LogP contribution >= 0.6 is 0 Å². The van der Waals surface area contributed by atoms with Crippen molar-refractivity contribution < 1.29 is 9.53 Å². The van der Waals surface area contributed by atoms with Crippen LogP contribution in [0.25, 0.3) is 27.8 Å². The molecule has 0 aliphatic rings. The molecular formula is C23H22N4O2. The van der Waals surface area contributed by atoms with E-state index >= 15 is 0 Å². The molecule has 6 nitrogen and oxygen atoms in total. The molecule has 0 bridgehead atoms. The van der Waals surface area contributed by atoms with Gasteiger partial charge in [-0.25, -0.2) is 14.5 Å². The molecule has 0 spiro atoms. The van der Waals surface area contributed by atoms with Gasteiger partial charge in [-0.3, -0.25) is 0 Å². The van der Waals surface area contributed by atoms with Crippen LogP contribution in [-0.2, 0) is 4.74 Å². The van der Waals surface area contributed by atoms with E-state index in [0.717, 1.165) is 33.6 Å². The highest BCUT2D eigenvalue weighted by molar-refractivity contribution is 6.00. The summed E-state index contributed by atoms with van der Waals surface area (Å²) in [7, 11) is 1.88. The lowest BCUT2D eigenvalue weighted by Gasteiger charge is -2.10. The zero-order chi connectivity index (χ0) is 20.4. The highest BCUT2D eigenvalue weighted by Gasteiger charge is 2.20. The number of aromatic nitrogens is 3. The van der Waals surface area contributed by atoms with Crippen LogP contribution in [0.5, 0.6) is 0 Å². The molecular weight excluding hydrogens is 364 g/mol. The fourth-order valence-electron chi connectivity index (χ4n) is 3.39. The maximum absolute atomic E-state index is 12.5. The standard InChI is InChI=1S/C23H22N4O2/c1-4-29-23(28)20-14-19(16-10-12-17(24-3)13-11-16)21-15(2)26-27(22(21)25-20)18-8-6-5-7-9-18/h5-14,24H,4H2,1-3H3. The van der Waals surface area contributed by atoms with Gasteiger partial charge >= 0.3 is 5.97 Å². The number of carbonyl (C=O) groups is 1. The van der Waals surface area contributed by atoms with Crippen LogP contribution in [0, 0.1) is 6.92 Å². The summed E-state index contributed by atoms with van der Waals surface area (Å²) >= 11 is 0. The van der Waals surface area contributed by atoms with Crippen molar-refractivity contribution in [1.82, 2.24) is 14.8 Å². The average molecular weight is 386 g/mol. The molecule has 4 rings (SSSR count). The van der Waals surface area contributed by atoms with Gasteiger partial charge in [0.05, 0.1) is 23.4 Å². The van der Waals surface area contributed by atoms with Crippen LogP contribution in [0.1, 0.15) is 23.1 Å². The Morgan fingerprint density at radius 3 is 2.48 bits per heavy atom. The molecule has 29 heavy (non-hydrogen) atoms. The minimum absolute atomic E-state index is 0.268. The predicted octanol–water partition coefficient (Wildman–Crippen LogP) is 4.61. The molecule has 0 aliphatic heterocycles. The van der Waals surface area contributed by atoms with Crippen LogP contribution in [0.4, 0.5) is 5.69 Å². The second kappa shape index (κ2) is 7.75. The van der Waals surface area contributed by atoms with E-state index in [4.69, 9.17) is 9.84 Å². The van der Waals surface area contributed by atoms with Gasteiger partial charge in [0.15, 0.2) is 11.3 Å². The Kier molecular flexibility index (Phi) is 4.99. The normalized spacial score (nSPS) is 10.9. The summed E-state index contributed by atoms with van der Waals surface area (Å²) in [6, 6.07) is 19.6. The van der Waals surface area contributed by atoms with Crippen molar-refractivity contribution in [2.24, 2.45) is 0 Å². The predicted molar refractivity (Wildman–Crippen MR) is 115 cm³/mol. The number of ether oxygens (including phenoxy) is 1. The van der Waals surface area contributed by atoms with Crippen molar-refractivity contribution in [1.29, 1.82) is 0 Å². The molecule has 2 aromatic carbocycles. The number of para-hydroxylation sites is 1. The van der Waals surface area contributed by atoms with Gasteiger partial charge in [0, 0.05) is 12.7 Å². The number of hydrogen-bond acceptors (Lipinski definition) is 5. The summed E-state index contributed by atoms with van der Waals surface area (Å²) < 4.78 is 6.99. The molecule has 0 atom stereocenters. The Morgan fingerprint density at radius 2 is 1.83 bits per heavy atom. The Morgan fingerprint density at radius 1 is 1.10 bits per heavy atom. The summed E-state index contributed by atoms with van der Waals surface area (Å²) in [6.45, 7) is 4.03. The van der Waals surface area contributed by atoms with Crippen LogP contribution < -0.4 is 5.32 Å². The van der Waals surface area contributed by atoms with Crippen molar-refractivity contribution >= 4 is 22.7 Å². The summed E-state index contributed by atoms with van der Waals surface area (Å²) in [6.07, 6.45) is 0. The third kappa shape index (κ3) is 3.45.